The molecule has 1 heterocycles. The molecule has 0 spiro atoms. The van der Waals surface area contributed by atoms with Gasteiger partial charge in [0.05, 0.1) is 11.9 Å². The van der Waals surface area contributed by atoms with Crippen molar-refractivity contribution in [2.24, 2.45) is 4.99 Å². The van der Waals surface area contributed by atoms with Gasteiger partial charge in [-0.15, -0.1) is 0 Å². The van der Waals surface area contributed by atoms with E-state index in [0.717, 1.165) is 10.0 Å². The summed E-state index contributed by atoms with van der Waals surface area (Å²) in [7, 11) is 0. The van der Waals surface area contributed by atoms with Gasteiger partial charge in [-0.3, -0.25) is 15.1 Å². The lowest BCUT2D eigenvalue weighted by atomic mass is 10.1. The van der Waals surface area contributed by atoms with Gasteiger partial charge >= 0.3 is 0 Å². The van der Waals surface area contributed by atoms with E-state index in [1.54, 1.807) is 42.9 Å². The molecule has 0 saturated carbocycles. The number of anilines is 1. The lowest BCUT2D eigenvalue weighted by Gasteiger charge is -2.25. The molecule has 0 radical (unpaired) electrons. The number of aromatic nitrogens is 1. The Morgan fingerprint density at radius 1 is 1.36 bits per heavy atom. The molecule has 1 aromatic heterocycles. The molecule has 3 N–H and O–H groups in total. The number of aryl methyl sites for hydroxylation is 1. The molecular weight excluding hydrogens is 467 g/mol. The molecule has 10 heteroatoms. The molecule has 0 aliphatic carbocycles. The Morgan fingerprint density at radius 3 is 2.71 bits per heavy atom. The lowest BCUT2D eigenvalue weighted by molar-refractivity contribution is 0.0935. The smallest absolute Gasteiger partial charge is 0.253 e. The molecule has 7 nitrogen and oxygen atoms in total. The number of benzene rings is 1. The van der Waals surface area contributed by atoms with Gasteiger partial charge in [-0.2, -0.15) is 5.26 Å². The van der Waals surface area contributed by atoms with Crippen molar-refractivity contribution in [3.05, 3.63) is 58.3 Å². The topological polar surface area (TPSA) is 102 Å². The van der Waals surface area contributed by atoms with Crippen LogP contribution in [0.15, 0.2) is 52.2 Å². The molecule has 2 aromatic rings. The van der Waals surface area contributed by atoms with Crippen molar-refractivity contribution < 1.29 is 4.79 Å². The third-order valence-electron chi connectivity index (χ3n) is 3.43. The van der Waals surface area contributed by atoms with Crippen LogP contribution >= 0.6 is 39.1 Å². The van der Waals surface area contributed by atoms with Crippen LogP contribution in [-0.4, -0.2) is 27.3 Å². The van der Waals surface area contributed by atoms with Crippen LogP contribution in [0.25, 0.3) is 0 Å². The summed E-state index contributed by atoms with van der Waals surface area (Å²) in [5.74, 6) is -0.352. The first-order valence-electron chi connectivity index (χ1n) is 8.05. The Hall–Kier alpha value is -2.34. The molecule has 0 aliphatic heterocycles. The molecule has 28 heavy (non-hydrogen) atoms. The highest BCUT2D eigenvalue weighted by Crippen LogP contribution is 2.26. The molecular formula is C18H17BrCl2N6O. The molecule has 0 aliphatic rings. The third-order valence-corrected chi connectivity index (χ3v) is 4.28. The quantitative estimate of drug-likeness (QED) is 0.196. The maximum Gasteiger partial charge on any atom is 0.253 e. The number of alkyl halides is 2. The number of halogens is 3. The van der Waals surface area contributed by atoms with Crippen LogP contribution in [0, 0.1) is 18.4 Å². The standard InChI is InChI=1S/C18H17BrCl2N6O/c1-11-4-3-5-12(6-11)15(28)26-16(18(2,20)21)27-17(24-10-22)25-14-7-13(19)8-23-9-14/h3-9,16H,1-2H3,(H,26,28)(H2,24,25,27). The fourth-order valence-corrected chi connectivity index (χ4v) is 2.73. The Kier molecular flexibility index (Phi) is 7.63. The first-order valence-corrected chi connectivity index (χ1v) is 9.60. The second-order valence-corrected chi connectivity index (χ2v) is 8.61. The van der Waals surface area contributed by atoms with Gasteiger partial charge in [-0.1, -0.05) is 40.9 Å². The summed E-state index contributed by atoms with van der Waals surface area (Å²) in [6.45, 7) is 3.37. The summed E-state index contributed by atoms with van der Waals surface area (Å²) in [4.78, 5) is 20.9. The number of amides is 1. The molecule has 2 rings (SSSR count). The van der Waals surface area contributed by atoms with Gasteiger partial charge in [0, 0.05) is 16.2 Å². The largest absolute Gasteiger partial charge is 0.328 e. The average molecular weight is 484 g/mol. The molecule has 1 unspecified atom stereocenters. The van der Waals surface area contributed by atoms with Gasteiger partial charge in [-0.25, -0.2) is 4.99 Å². The van der Waals surface area contributed by atoms with Gasteiger partial charge in [-0.05, 0) is 48.0 Å². The molecule has 1 atom stereocenters. The Bertz CT molecular complexity index is 923. The van der Waals surface area contributed by atoms with E-state index >= 15 is 0 Å². The molecule has 0 fully saturated rings. The van der Waals surface area contributed by atoms with Crippen LogP contribution in [0.4, 0.5) is 5.69 Å². The molecule has 0 bridgehead atoms. The molecule has 0 saturated heterocycles. The predicted molar refractivity (Wildman–Crippen MR) is 114 cm³/mol. The van der Waals surface area contributed by atoms with Gasteiger partial charge < -0.3 is 10.6 Å². The van der Waals surface area contributed by atoms with E-state index in [1.807, 2.05) is 13.0 Å². The monoisotopic (exact) mass is 482 g/mol. The number of carbonyl (C=O) groups excluding carboxylic acids is 1. The number of carbonyl (C=O) groups is 1. The van der Waals surface area contributed by atoms with Crippen LogP contribution in [-0.2, 0) is 0 Å². The second-order valence-electron chi connectivity index (χ2n) is 5.93. The minimum atomic E-state index is -1.45. The first-order chi connectivity index (χ1) is 13.2. The number of hydrogen-bond acceptors (Lipinski definition) is 4. The number of hydrogen-bond donors (Lipinski definition) is 3. The van der Waals surface area contributed by atoms with Crippen molar-refractivity contribution in [3.63, 3.8) is 0 Å². The van der Waals surface area contributed by atoms with Crippen LogP contribution in [0.1, 0.15) is 22.8 Å². The van der Waals surface area contributed by atoms with Gasteiger partial charge in [0.2, 0.25) is 5.96 Å². The van der Waals surface area contributed by atoms with E-state index < -0.39 is 16.4 Å². The van der Waals surface area contributed by atoms with Crippen molar-refractivity contribution >= 4 is 56.7 Å². The lowest BCUT2D eigenvalue weighted by Crippen LogP contribution is -2.45. The van der Waals surface area contributed by atoms with E-state index in [-0.39, 0.29) is 5.96 Å². The summed E-state index contributed by atoms with van der Waals surface area (Å²) in [6.07, 6.45) is 3.88. The highest BCUT2D eigenvalue weighted by molar-refractivity contribution is 9.10. The maximum absolute atomic E-state index is 12.6. The van der Waals surface area contributed by atoms with Crippen molar-refractivity contribution in [2.75, 3.05) is 5.32 Å². The van der Waals surface area contributed by atoms with Crippen molar-refractivity contribution in [1.29, 1.82) is 5.26 Å². The van der Waals surface area contributed by atoms with Crippen molar-refractivity contribution in [2.45, 2.75) is 24.3 Å². The first kappa shape index (κ1) is 22.0. The summed E-state index contributed by atoms with van der Waals surface area (Å²) in [6, 6.07) is 8.79. The van der Waals surface area contributed by atoms with Crippen LogP contribution in [0.2, 0.25) is 0 Å². The second kappa shape index (κ2) is 9.73. The summed E-state index contributed by atoms with van der Waals surface area (Å²) < 4.78 is -0.711. The number of guanidine groups is 1. The number of aliphatic imine (C=N–C) groups is 1. The van der Waals surface area contributed by atoms with Crippen LogP contribution in [0.3, 0.4) is 0 Å². The number of nitrogens with one attached hydrogen (secondary N) is 3. The molecule has 1 amide bonds. The highest BCUT2D eigenvalue weighted by Gasteiger charge is 2.32. The summed E-state index contributed by atoms with van der Waals surface area (Å²) in [5, 5.41) is 17.0. The minimum Gasteiger partial charge on any atom is -0.328 e. The highest BCUT2D eigenvalue weighted by atomic mass is 79.9. The molecule has 1 aromatic carbocycles. The van der Waals surface area contributed by atoms with E-state index in [2.05, 4.69) is 41.9 Å². The molecule has 146 valence electrons. The van der Waals surface area contributed by atoms with E-state index in [4.69, 9.17) is 28.5 Å². The zero-order valence-corrected chi connectivity index (χ0v) is 18.1. The number of nitriles is 1. The van der Waals surface area contributed by atoms with E-state index in [0.29, 0.717) is 11.3 Å². The number of pyridine rings is 1. The van der Waals surface area contributed by atoms with Gasteiger partial charge in [0.25, 0.3) is 5.91 Å². The fraction of sp³-hybridized carbons (Fsp3) is 0.222. The fourth-order valence-electron chi connectivity index (χ4n) is 2.16. The van der Waals surface area contributed by atoms with Crippen LogP contribution in [0.5, 0.6) is 0 Å². The normalized spacial score (nSPS) is 12.6. The van der Waals surface area contributed by atoms with E-state index in [9.17, 15) is 4.79 Å². The Morgan fingerprint density at radius 2 is 2.11 bits per heavy atom. The number of rotatable bonds is 5. The Balaban J connectivity index is 2.28. The average Bonchev–Trinajstić information content (AvgIpc) is 2.60. The summed E-state index contributed by atoms with van der Waals surface area (Å²) in [5.41, 5.74) is 1.94. The third kappa shape index (κ3) is 6.68. The minimum absolute atomic E-state index is 0.0458. The van der Waals surface area contributed by atoms with Crippen molar-refractivity contribution in [1.82, 2.24) is 15.6 Å². The maximum atomic E-state index is 12.6. The predicted octanol–water partition coefficient (Wildman–Crippen LogP) is 3.94. The zero-order valence-electron chi connectivity index (χ0n) is 15.0. The SMILES string of the molecule is Cc1cccc(C(=O)NC(/N=C(\NC#N)Nc2cncc(Br)c2)C(C)(Cl)Cl)c1. The van der Waals surface area contributed by atoms with E-state index in [1.165, 1.54) is 6.92 Å². The van der Waals surface area contributed by atoms with Crippen LogP contribution < -0.4 is 16.0 Å². The Labute approximate surface area is 181 Å². The van der Waals surface area contributed by atoms with Gasteiger partial charge in [0.15, 0.2) is 16.7 Å². The summed E-state index contributed by atoms with van der Waals surface area (Å²) >= 11 is 15.8. The zero-order chi connectivity index (χ0) is 20.7. The number of nitrogens with zero attached hydrogens (tertiary/aromatic N) is 3. The van der Waals surface area contributed by atoms with Gasteiger partial charge in [0.1, 0.15) is 0 Å². The van der Waals surface area contributed by atoms with Crippen molar-refractivity contribution in [3.8, 4) is 6.19 Å².